The average molecular weight is 309 g/mol. The fourth-order valence-corrected chi connectivity index (χ4v) is 2.15. The van der Waals surface area contributed by atoms with Crippen LogP contribution >= 0.6 is 27.5 Å². The molecule has 16 heavy (non-hydrogen) atoms. The van der Waals surface area contributed by atoms with Crippen LogP contribution in [0.25, 0.3) is 0 Å². The Morgan fingerprint density at radius 2 is 2.50 bits per heavy atom. The number of aliphatic hydroxyl groups is 1. The summed E-state index contributed by atoms with van der Waals surface area (Å²) >= 11 is 9.14. The molecule has 1 fully saturated rings. The van der Waals surface area contributed by atoms with Crippen molar-refractivity contribution in [3.63, 3.8) is 0 Å². The molecule has 1 aliphatic heterocycles. The van der Waals surface area contributed by atoms with Crippen molar-refractivity contribution in [2.24, 2.45) is 0 Å². The molecule has 0 aliphatic carbocycles. The van der Waals surface area contributed by atoms with Crippen molar-refractivity contribution in [2.45, 2.75) is 6.10 Å². The lowest BCUT2D eigenvalue weighted by Crippen LogP contribution is -2.44. The number of rotatable bonds is 2. The Hall–Kier alpha value is -0.430. The zero-order valence-corrected chi connectivity index (χ0v) is 10.8. The van der Waals surface area contributed by atoms with Gasteiger partial charge >= 0.3 is 0 Å². The zero-order valence-electron chi connectivity index (χ0n) is 8.44. The number of morpholine rings is 1. The molecule has 0 spiro atoms. The van der Waals surface area contributed by atoms with E-state index >= 15 is 0 Å². The summed E-state index contributed by atoms with van der Waals surface area (Å²) < 4.78 is 6.15. The summed E-state index contributed by atoms with van der Waals surface area (Å²) in [7, 11) is 0. The number of nitrogens with zero attached hydrogens (tertiary/aromatic N) is 3. The van der Waals surface area contributed by atoms with Gasteiger partial charge in [0.15, 0.2) is 0 Å². The van der Waals surface area contributed by atoms with Crippen LogP contribution < -0.4 is 4.90 Å². The molecule has 0 bridgehead atoms. The Bertz CT molecular complexity index is 380. The fourth-order valence-electron chi connectivity index (χ4n) is 1.58. The molecule has 0 aromatic carbocycles. The third-order valence-electron chi connectivity index (χ3n) is 2.34. The monoisotopic (exact) mass is 307 g/mol. The first-order valence-electron chi connectivity index (χ1n) is 4.86. The maximum atomic E-state index is 9.06. The van der Waals surface area contributed by atoms with Gasteiger partial charge in [0.25, 0.3) is 0 Å². The molecule has 1 saturated heterocycles. The van der Waals surface area contributed by atoms with Crippen molar-refractivity contribution in [3.8, 4) is 0 Å². The van der Waals surface area contributed by atoms with Gasteiger partial charge in [-0.1, -0.05) is 0 Å². The predicted molar refractivity (Wildman–Crippen MR) is 63.8 cm³/mol. The summed E-state index contributed by atoms with van der Waals surface area (Å²) in [4.78, 5) is 10.1. The highest BCUT2D eigenvalue weighted by atomic mass is 79.9. The molecule has 0 saturated carbocycles. The van der Waals surface area contributed by atoms with Crippen molar-refractivity contribution >= 4 is 33.3 Å². The topological polar surface area (TPSA) is 58.5 Å². The lowest BCUT2D eigenvalue weighted by Gasteiger charge is -2.33. The molecule has 1 aromatic rings. The number of ether oxygens (including phenoxy) is 1. The number of anilines is 1. The van der Waals surface area contributed by atoms with Crippen molar-refractivity contribution in [2.75, 3.05) is 31.2 Å². The summed E-state index contributed by atoms with van der Waals surface area (Å²) in [6, 6.07) is 0. The van der Waals surface area contributed by atoms with E-state index in [0.717, 1.165) is 16.8 Å². The number of aliphatic hydroxyl groups excluding tert-OH is 1. The molecule has 7 heteroatoms. The molecular weight excluding hydrogens is 297 g/mol. The smallest absolute Gasteiger partial charge is 0.224 e. The summed E-state index contributed by atoms with van der Waals surface area (Å²) in [5, 5.41) is 9.27. The van der Waals surface area contributed by atoms with Crippen LogP contribution in [-0.4, -0.2) is 47.5 Å². The van der Waals surface area contributed by atoms with Gasteiger partial charge < -0.3 is 14.7 Å². The molecule has 0 radical (unpaired) electrons. The second-order valence-electron chi connectivity index (χ2n) is 3.43. The van der Waals surface area contributed by atoms with E-state index in [1.54, 1.807) is 6.20 Å². The van der Waals surface area contributed by atoms with Gasteiger partial charge in [0.1, 0.15) is 5.82 Å². The van der Waals surface area contributed by atoms with Crippen molar-refractivity contribution in [3.05, 3.63) is 16.0 Å². The molecule has 2 heterocycles. The number of halogens is 2. The molecule has 1 unspecified atom stereocenters. The lowest BCUT2D eigenvalue weighted by molar-refractivity contribution is 0.00332. The van der Waals surface area contributed by atoms with Gasteiger partial charge in [-0.05, 0) is 27.5 Å². The molecule has 2 rings (SSSR count). The van der Waals surface area contributed by atoms with Gasteiger partial charge in [0.05, 0.1) is 23.8 Å². The fraction of sp³-hybridized carbons (Fsp3) is 0.556. The Labute approximate surface area is 107 Å². The molecule has 5 nitrogen and oxygen atoms in total. The summed E-state index contributed by atoms with van der Waals surface area (Å²) in [6.45, 7) is 1.90. The maximum absolute atomic E-state index is 9.06. The third kappa shape index (κ3) is 2.63. The molecule has 1 atom stereocenters. The van der Waals surface area contributed by atoms with Crippen molar-refractivity contribution in [1.82, 2.24) is 9.97 Å². The van der Waals surface area contributed by atoms with E-state index in [2.05, 4.69) is 25.9 Å². The molecule has 1 aromatic heterocycles. The summed E-state index contributed by atoms with van der Waals surface area (Å²) in [6.07, 6.45) is 1.45. The minimum Gasteiger partial charge on any atom is -0.394 e. The normalized spacial score (nSPS) is 21.2. The quantitative estimate of drug-likeness (QED) is 0.829. The largest absolute Gasteiger partial charge is 0.394 e. The first-order valence-corrected chi connectivity index (χ1v) is 6.03. The molecule has 0 amide bonds. The van der Waals surface area contributed by atoms with Gasteiger partial charge in [-0.25, -0.2) is 4.98 Å². The minimum atomic E-state index is -0.172. The molecule has 1 aliphatic rings. The van der Waals surface area contributed by atoms with Crippen LogP contribution in [0.3, 0.4) is 0 Å². The highest BCUT2D eigenvalue weighted by Gasteiger charge is 2.22. The van der Waals surface area contributed by atoms with Crippen molar-refractivity contribution in [1.29, 1.82) is 0 Å². The summed E-state index contributed by atoms with van der Waals surface area (Å²) in [5.41, 5.74) is 0. The second-order valence-corrected chi connectivity index (χ2v) is 4.62. The molecule has 1 N–H and O–H groups in total. The molecule has 88 valence electrons. The highest BCUT2D eigenvalue weighted by molar-refractivity contribution is 9.10. The van der Waals surface area contributed by atoms with E-state index < -0.39 is 0 Å². The lowest BCUT2D eigenvalue weighted by atomic mass is 10.3. The van der Waals surface area contributed by atoms with Crippen LogP contribution in [0.2, 0.25) is 5.28 Å². The third-order valence-corrected chi connectivity index (χ3v) is 3.08. The van der Waals surface area contributed by atoms with Gasteiger partial charge in [-0.15, -0.1) is 0 Å². The first-order chi connectivity index (χ1) is 7.70. The Morgan fingerprint density at radius 3 is 3.25 bits per heavy atom. The minimum absolute atomic E-state index is 0.00688. The second kappa shape index (κ2) is 5.27. The highest BCUT2D eigenvalue weighted by Crippen LogP contribution is 2.25. The van der Waals surface area contributed by atoms with Crippen molar-refractivity contribution < 1.29 is 9.84 Å². The van der Waals surface area contributed by atoms with Crippen LogP contribution in [0.1, 0.15) is 0 Å². The Balaban J connectivity index is 2.19. The van der Waals surface area contributed by atoms with Crippen LogP contribution in [0.4, 0.5) is 5.82 Å². The van der Waals surface area contributed by atoms with E-state index in [1.807, 2.05) is 4.90 Å². The van der Waals surface area contributed by atoms with Gasteiger partial charge in [-0.2, -0.15) is 4.98 Å². The number of hydrogen-bond donors (Lipinski definition) is 1. The van der Waals surface area contributed by atoms with Crippen LogP contribution in [-0.2, 0) is 4.74 Å². The maximum Gasteiger partial charge on any atom is 0.224 e. The van der Waals surface area contributed by atoms with E-state index in [1.165, 1.54) is 0 Å². The van der Waals surface area contributed by atoms with Crippen LogP contribution in [0, 0.1) is 0 Å². The predicted octanol–water partition coefficient (Wildman–Crippen LogP) is 1.09. The first kappa shape index (κ1) is 12.0. The zero-order chi connectivity index (χ0) is 11.5. The van der Waals surface area contributed by atoms with E-state index in [4.69, 9.17) is 21.4 Å². The standard InChI is InChI=1S/C9H11BrClN3O2/c10-7-3-12-9(11)13-8(7)14-1-2-16-6(4-14)5-15/h3,6,15H,1-2,4-5H2. The van der Waals surface area contributed by atoms with E-state index in [-0.39, 0.29) is 18.0 Å². The summed E-state index contributed by atoms with van der Waals surface area (Å²) in [5.74, 6) is 0.738. The van der Waals surface area contributed by atoms with E-state index in [0.29, 0.717) is 13.2 Å². The Kier molecular flexibility index (Phi) is 3.96. The van der Waals surface area contributed by atoms with Gasteiger partial charge in [-0.3, -0.25) is 0 Å². The average Bonchev–Trinajstić information content (AvgIpc) is 2.32. The molecular formula is C9H11BrClN3O2. The van der Waals surface area contributed by atoms with E-state index in [9.17, 15) is 0 Å². The van der Waals surface area contributed by atoms with Gasteiger partial charge in [0, 0.05) is 19.3 Å². The number of hydrogen-bond acceptors (Lipinski definition) is 5. The van der Waals surface area contributed by atoms with Crippen LogP contribution in [0.15, 0.2) is 10.7 Å². The van der Waals surface area contributed by atoms with Gasteiger partial charge in [0.2, 0.25) is 5.28 Å². The number of aromatic nitrogens is 2. The Morgan fingerprint density at radius 1 is 1.69 bits per heavy atom. The SMILES string of the molecule is OCC1CN(c2nc(Cl)ncc2Br)CCO1. The van der Waals surface area contributed by atoms with Crippen LogP contribution in [0.5, 0.6) is 0 Å².